The normalized spacial score (nSPS) is 12.2. The van der Waals surface area contributed by atoms with Crippen molar-refractivity contribution in [1.82, 2.24) is 9.13 Å². The molecule has 2 rings (SSSR count). The van der Waals surface area contributed by atoms with Crippen molar-refractivity contribution < 1.29 is 0 Å². The minimum absolute atomic E-state index is 0.0829. The summed E-state index contributed by atoms with van der Waals surface area (Å²) in [5.41, 5.74) is 3.11. The fraction of sp³-hybridized carbons (Fsp3) is 0.500. The third-order valence-corrected chi connectivity index (χ3v) is 4.54. The predicted molar refractivity (Wildman–Crippen MR) is 98.4 cm³/mol. The van der Waals surface area contributed by atoms with E-state index in [-0.39, 0.29) is 5.69 Å². The molecule has 0 unspecified atom stereocenters. The van der Waals surface area contributed by atoms with Crippen molar-refractivity contribution >= 4 is 28.5 Å². The van der Waals surface area contributed by atoms with Gasteiger partial charge in [0.1, 0.15) is 0 Å². The van der Waals surface area contributed by atoms with Crippen LogP contribution in [0.1, 0.15) is 46.0 Å². The molecule has 0 saturated carbocycles. The molecule has 0 N–H and O–H groups in total. The highest BCUT2D eigenvalue weighted by Gasteiger charge is 2.13. The molecule has 1 heterocycles. The summed E-state index contributed by atoms with van der Waals surface area (Å²) < 4.78 is 3.76. The quantitative estimate of drug-likeness (QED) is 0.644. The van der Waals surface area contributed by atoms with E-state index in [1.54, 1.807) is 11.8 Å². The third-order valence-electron chi connectivity index (χ3n) is 3.96. The molecule has 2 aromatic rings. The van der Waals surface area contributed by atoms with Crippen LogP contribution < -0.4 is 5.69 Å². The molecule has 3 nitrogen and oxygen atoms in total. The zero-order valence-corrected chi connectivity index (χ0v) is 14.7. The van der Waals surface area contributed by atoms with E-state index in [2.05, 4.69) is 6.92 Å². The number of thioether (sulfide) groups is 1. The average Bonchev–Trinajstić information content (AvgIpc) is 2.79. The van der Waals surface area contributed by atoms with Crippen molar-refractivity contribution in [2.45, 2.75) is 52.5 Å². The first-order valence-corrected chi connectivity index (χ1v) is 9.39. The molecule has 120 valence electrons. The van der Waals surface area contributed by atoms with Gasteiger partial charge >= 0.3 is 5.69 Å². The van der Waals surface area contributed by atoms with E-state index in [0.29, 0.717) is 0 Å². The van der Waals surface area contributed by atoms with Gasteiger partial charge in [-0.05, 0) is 37.1 Å². The second kappa shape index (κ2) is 8.28. The zero-order valence-electron chi connectivity index (χ0n) is 13.8. The summed E-state index contributed by atoms with van der Waals surface area (Å²) in [5, 5.41) is 2.03. The van der Waals surface area contributed by atoms with Crippen LogP contribution in [-0.2, 0) is 6.54 Å². The molecule has 0 aliphatic rings. The molecule has 4 heteroatoms. The fourth-order valence-corrected chi connectivity index (χ4v) is 3.31. The van der Waals surface area contributed by atoms with Crippen LogP contribution >= 0.6 is 11.8 Å². The van der Waals surface area contributed by atoms with Gasteiger partial charge in [-0.1, -0.05) is 44.7 Å². The molecule has 0 bridgehead atoms. The number of benzene rings is 1. The lowest BCUT2D eigenvalue weighted by molar-refractivity contribution is 0.565. The lowest BCUT2D eigenvalue weighted by atomic mass is 10.1. The van der Waals surface area contributed by atoms with Gasteiger partial charge in [-0.2, -0.15) is 0 Å². The van der Waals surface area contributed by atoms with E-state index in [9.17, 15) is 4.79 Å². The topological polar surface area (TPSA) is 26.9 Å². The number of aromatic nitrogens is 2. The second-order valence-electron chi connectivity index (χ2n) is 5.67. The van der Waals surface area contributed by atoms with Crippen LogP contribution in [0.2, 0.25) is 0 Å². The van der Waals surface area contributed by atoms with E-state index in [1.165, 1.54) is 25.7 Å². The minimum Gasteiger partial charge on any atom is -0.292 e. The number of para-hydroxylation sites is 2. The number of unbranched alkanes of at least 4 members (excludes halogenated alkanes) is 4. The number of allylic oxidation sites excluding steroid dienone is 1. The number of aryl methyl sites for hydroxylation is 1. The van der Waals surface area contributed by atoms with Gasteiger partial charge in [-0.25, -0.2) is 4.79 Å². The van der Waals surface area contributed by atoms with E-state index >= 15 is 0 Å². The van der Waals surface area contributed by atoms with Crippen LogP contribution in [-0.4, -0.2) is 15.4 Å². The molecular formula is C18H26N2OS. The summed E-state index contributed by atoms with van der Waals surface area (Å²) in [6.07, 6.45) is 8.07. The van der Waals surface area contributed by atoms with Crippen LogP contribution in [0.5, 0.6) is 0 Å². The van der Waals surface area contributed by atoms with Gasteiger partial charge in [0.15, 0.2) is 0 Å². The largest absolute Gasteiger partial charge is 0.333 e. The summed E-state index contributed by atoms with van der Waals surface area (Å²) in [6.45, 7) is 5.03. The maximum Gasteiger partial charge on any atom is 0.333 e. The van der Waals surface area contributed by atoms with Crippen LogP contribution in [0.3, 0.4) is 0 Å². The summed E-state index contributed by atoms with van der Waals surface area (Å²) in [6, 6.07) is 8.08. The number of fused-ring (bicyclic) bond motifs is 1. The smallest absolute Gasteiger partial charge is 0.292 e. The lowest BCUT2D eigenvalue weighted by Gasteiger charge is -2.03. The van der Waals surface area contributed by atoms with Gasteiger partial charge in [0.2, 0.25) is 0 Å². The Labute approximate surface area is 137 Å². The number of rotatable bonds is 8. The Balaban J connectivity index is 2.32. The number of hydrogen-bond donors (Lipinski definition) is 0. The molecule has 1 aromatic heterocycles. The molecule has 0 fully saturated rings. The lowest BCUT2D eigenvalue weighted by Crippen LogP contribution is -2.23. The Morgan fingerprint density at radius 3 is 2.50 bits per heavy atom. The van der Waals surface area contributed by atoms with Crippen LogP contribution in [0, 0.1) is 0 Å². The van der Waals surface area contributed by atoms with Gasteiger partial charge in [-0.3, -0.25) is 9.13 Å². The van der Waals surface area contributed by atoms with Gasteiger partial charge in [-0.15, -0.1) is 11.8 Å². The minimum atomic E-state index is 0.0829. The summed E-state index contributed by atoms with van der Waals surface area (Å²) >= 11 is 1.63. The maximum atomic E-state index is 12.8. The van der Waals surface area contributed by atoms with Crippen molar-refractivity contribution in [1.29, 1.82) is 0 Å². The first-order valence-electron chi connectivity index (χ1n) is 8.11. The molecule has 0 amide bonds. The third kappa shape index (κ3) is 3.67. The first-order chi connectivity index (χ1) is 10.7. The highest BCUT2D eigenvalue weighted by molar-refractivity contribution is 8.01. The number of nitrogens with zero attached hydrogens (tertiary/aromatic N) is 2. The van der Waals surface area contributed by atoms with Gasteiger partial charge in [0, 0.05) is 12.2 Å². The zero-order chi connectivity index (χ0) is 15.9. The van der Waals surface area contributed by atoms with Gasteiger partial charge < -0.3 is 0 Å². The Hall–Kier alpha value is -1.42. The Bertz CT molecular complexity index is 697. The molecule has 0 aliphatic heterocycles. The van der Waals surface area contributed by atoms with Crippen LogP contribution in [0.15, 0.2) is 34.5 Å². The average molecular weight is 318 g/mol. The second-order valence-corrected chi connectivity index (χ2v) is 6.37. The van der Waals surface area contributed by atoms with Crippen LogP contribution in [0.25, 0.3) is 16.7 Å². The van der Waals surface area contributed by atoms with Crippen molar-refractivity contribution in [3.05, 3.63) is 40.2 Å². The molecule has 0 aliphatic carbocycles. The number of imidazole rings is 1. The van der Waals surface area contributed by atoms with Gasteiger partial charge in [0.25, 0.3) is 0 Å². The first kappa shape index (κ1) is 16.9. The maximum absolute atomic E-state index is 12.8. The Morgan fingerprint density at radius 2 is 1.82 bits per heavy atom. The molecule has 1 aromatic carbocycles. The predicted octanol–water partition coefficient (Wildman–Crippen LogP) is 4.95. The van der Waals surface area contributed by atoms with E-state index in [1.807, 2.05) is 52.0 Å². The summed E-state index contributed by atoms with van der Waals surface area (Å²) in [4.78, 5) is 12.8. The van der Waals surface area contributed by atoms with E-state index in [0.717, 1.165) is 29.7 Å². The van der Waals surface area contributed by atoms with E-state index < -0.39 is 0 Å². The Kier molecular flexibility index (Phi) is 6.37. The van der Waals surface area contributed by atoms with E-state index in [4.69, 9.17) is 0 Å². The molecule has 0 atom stereocenters. The summed E-state index contributed by atoms with van der Waals surface area (Å²) in [5.74, 6) is 0. The number of hydrogen-bond acceptors (Lipinski definition) is 2. The van der Waals surface area contributed by atoms with Crippen molar-refractivity contribution in [3.63, 3.8) is 0 Å². The highest BCUT2D eigenvalue weighted by atomic mass is 32.2. The SMILES string of the molecule is CCCCCCCn1c(=O)n(/C(C)=C\SC)c2ccccc21. The molecule has 0 saturated heterocycles. The van der Waals surface area contributed by atoms with Crippen LogP contribution in [0.4, 0.5) is 0 Å². The Morgan fingerprint density at radius 1 is 1.14 bits per heavy atom. The molecule has 22 heavy (non-hydrogen) atoms. The molecular weight excluding hydrogens is 292 g/mol. The van der Waals surface area contributed by atoms with Crippen molar-refractivity contribution in [2.24, 2.45) is 0 Å². The van der Waals surface area contributed by atoms with Crippen molar-refractivity contribution in [2.75, 3.05) is 6.26 Å². The molecule has 0 spiro atoms. The summed E-state index contributed by atoms with van der Waals surface area (Å²) in [7, 11) is 0. The highest BCUT2D eigenvalue weighted by Crippen LogP contribution is 2.18. The monoisotopic (exact) mass is 318 g/mol. The standard InChI is InChI=1S/C18H26N2OS/c1-4-5-6-7-10-13-19-16-11-8-9-12-17(16)20(18(19)21)15(2)14-22-3/h8-9,11-12,14H,4-7,10,13H2,1-3H3/b15-14-. The molecule has 0 radical (unpaired) electrons. The fourth-order valence-electron chi connectivity index (χ4n) is 2.86. The van der Waals surface area contributed by atoms with Crippen molar-refractivity contribution in [3.8, 4) is 0 Å². The van der Waals surface area contributed by atoms with Gasteiger partial charge in [0.05, 0.1) is 11.0 Å².